The van der Waals surface area contributed by atoms with Gasteiger partial charge in [0.2, 0.25) is 5.82 Å². The minimum absolute atomic E-state index is 0.0287. The lowest BCUT2D eigenvalue weighted by Gasteiger charge is -2.42. The van der Waals surface area contributed by atoms with E-state index in [9.17, 15) is 18.8 Å². The SMILES string of the molecule is COC(=O)c1nnc(SC2C(=O)CC(CCc3ccc(OC(C)C)c(F)c3)(C3CCCC3)OC2=O)n1C. The Bertz CT molecular complexity index is 1160. The van der Waals surface area contributed by atoms with E-state index in [0.29, 0.717) is 12.8 Å². The summed E-state index contributed by atoms with van der Waals surface area (Å²) in [7, 11) is 2.79. The van der Waals surface area contributed by atoms with E-state index in [0.717, 1.165) is 43.0 Å². The number of hydrogen-bond donors (Lipinski definition) is 0. The second kappa shape index (κ2) is 11.2. The number of cyclic esters (lactones) is 1. The number of aromatic nitrogens is 3. The van der Waals surface area contributed by atoms with Crippen molar-refractivity contribution in [2.75, 3.05) is 7.11 Å². The van der Waals surface area contributed by atoms with Gasteiger partial charge < -0.3 is 14.2 Å². The van der Waals surface area contributed by atoms with Crippen molar-refractivity contribution < 1.29 is 33.0 Å². The number of thioether (sulfide) groups is 1. The maximum absolute atomic E-state index is 14.6. The molecule has 0 N–H and O–H groups in total. The zero-order valence-corrected chi connectivity index (χ0v) is 22.3. The fraction of sp³-hybridized carbons (Fsp3) is 0.577. The van der Waals surface area contributed by atoms with Crippen molar-refractivity contribution in [3.8, 4) is 5.75 Å². The molecule has 4 rings (SSSR count). The number of methoxy groups -OCH3 is 1. The average Bonchev–Trinajstić information content (AvgIpc) is 3.52. The van der Waals surface area contributed by atoms with Crippen LogP contribution >= 0.6 is 11.8 Å². The summed E-state index contributed by atoms with van der Waals surface area (Å²) in [6.45, 7) is 3.67. The molecule has 0 amide bonds. The molecule has 1 aromatic carbocycles. The number of carbonyl (C=O) groups is 3. The van der Waals surface area contributed by atoms with Crippen LogP contribution in [0.15, 0.2) is 23.4 Å². The number of benzene rings is 1. The third-order valence-corrected chi connectivity index (χ3v) is 8.26. The summed E-state index contributed by atoms with van der Waals surface area (Å²) in [5.74, 6) is -1.74. The van der Waals surface area contributed by atoms with Gasteiger partial charge in [0, 0.05) is 13.5 Å². The van der Waals surface area contributed by atoms with E-state index in [1.807, 2.05) is 13.8 Å². The van der Waals surface area contributed by atoms with Gasteiger partial charge in [-0.15, -0.1) is 10.2 Å². The first-order chi connectivity index (χ1) is 17.6. The van der Waals surface area contributed by atoms with Crippen LogP contribution in [-0.2, 0) is 32.5 Å². The largest absolute Gasteiger partial charge is 0.488 e. The van der Waals surface area contributed by atoms with Crippen molar-refractivity contribution in [3.05, 3.63) is 35.4 Å². The van der Waals surface area contributed by atoms with Gasteiger partial charge in [-0.2, -0.15) is 0 Å². The molecule has 1 aliphatic heterocycles. The quantitative estimate of drug-likeness (QED) is 0.348. The lowest BCUT2D eigenvalue weighted by molar-refractivity contribution is -0.177. The summed E-state index contributed by atoms with van der Waals surface area (Å²) in [5, 5.41) is 6.88. The van der Waals surface area contributed by atoms with Crippen LogP contribution in [0.4, 0.5) is 4.39 Å². The molecule has 0 bridgehead atoms. The summed E-state index contributed by atoms with van der Waals surface area (Å²) in [4.78, 5) is 38.4. The van der Waals surface area contributed by atoms with Crippen LogP contribution in [0.5, 0.6) is 5.75 Å². The van der Waals surface area contributed by atoms with Crippen molar-refractivity contribution in [2.24, 2.45) is 13.0 Å². The van der Waals surface area contributed by atoms with E-state index in [-0.39, 0.29) is 41.0 Å². The maximum atomic E-state index is 14.6. The van der Waals surface area contributed by atoms with Crippen molar-refractivity contribution in [2.45, 2.75) is 80.9 Å². The first-order valence-electron chi connectivity index (χ1n) is 12.5. The minimum atomic E-state index is -1.10. The second-order valence-corrected chi connectivity index (χ2v) is 11.0. The van der Waals surface area contributed by atoms with Crippen molar-refractivity contribution in [1.29, 1.82) is 0 Å². The molecule has 200 valence electrons. The van der Waals surface area contributed by atoms with Crippen LogP contribution in [-0.4, -0.2) is 56.6 Å². The standard InChI is InChI=1S/C26H32FN3O6S/c1-15(2)35-20-10-9-16(13-18(20)27)11-12-26(17-7-5-6-8-17)14-19(31)21(23(32)36-26)37-25-29-28-22(30(25)3)24(33)34-4/h9-10,13,15,17,21H,5-8,11-12,14H2,1-4H3. The first kappa shape index (κ1) is 27.1. The van der Waals surface area contributed by atoms with Gasteiger partial charge in [0.1, 0.15) is 5.60 Å². The highest BCUT2D eigenvalue weighted by molar-refractivity contribution is 8.01. The van der Waals surface area contributed by atoms with Gasteiger partial charge in [0.05, 0.1) is 13.2 Å². The van der Waals surface area contributed by atoms with Crippen LogP contribution in [0.1, 0.15) is 68.6 Å². The fourth-order valence-corrected chi connectivity index (χ4v) is 6.05. The van der Waals surface area contributed by atoms with Crippen LogP contribution in [0.2, 0.25) is 0 Å². The van der Waals surface area contributed by atoms with Gasteiger partial charge in [-0.3, -0.25) is 14.2 Å². The van der Waals surface area contributed by atoms with E-state index < -0.39 is 28.6 Å². The maximum Gasteiger partial charge on any atom is 0.376 e. The van der Waals surface area contributed by atoms with Gasteiger partial charge >= 0.3 is 11.9 Å². The van der Waals surface area contributed by atoms with Crippen LogP contribution in [0.25, 0.3) is 0 Å². The average molecular weight is 534 g/mol. The number of nitrogens with zero attached hydrogens (tertiary/aromatic N) is 3. The molecular weight excluding hydrogens is 501 g/mol. The van der Waals surface area contributed by atoms with Gasteiger partial charge in [-0.05, 0) is 63.1 Å². The molecule has 2 aromatic rings. The summed E-state index contributed by atoms with van der Waals surface area (Å²) in [6, 6.07) is 4.86. The number of aryl methyl sites for hydroxylation is 1. The molecule has 37 heavy (non-hydrogen) atoms. The molecule has 1 aromatic heterocycles. The smallest absolute Gasteiger partial charge is 0.376 e. The molecule has 2 unspecified atom stereocenters. The Morgan fingerprint density at radius 2 is 2.00 bits per heavy atom. The van der Waals surface area contributed by atoms with E-state index >= 15 is 0 Å². The van der Waals surface area contributed by atoms with Crippen LogP contribution in [0.3, 0.4) is 0 Å². The highest BCUT2D eigenvalue weighted by Gasteiger charge is 2.52. The Labute approximate surface area is 219 Å². The Balaban J connectivity index is 1.50. The van der Waals surface area contributed by atoms with E-state index in [2.05, 4.69) is 14.9 Å². The van der Waals surface area contributed by atoms with Crippen LogP contribution in [0, 0.1) is 11.7 Å². The molecule has 2 fully saturated rings. The Morgan fingerprint density at radius 3 is 2.62 bits per heavy atom. The molecule has 1 saturated carbocycles. The number of ketones is 1. The zero-order chi connectivity index (χ0) is 26.7. The number of ether oxygens (including phenoxy) is 3. The van der Waals surface area contributed by atoms with Crippen molar-refractivity contribution in [3.63, 3.8) is 0 Å². The molecule has 2 aliphatic rings. The number of halogens is 1. The fourth-order valence-electron chi connectivity index (χ4n) is 5.14. The molecule has 0 spiro atoms. The summed E-state index contributed by atoms with van der Waals surface area (Å²) in [6.07, 6.45) is 4.60. The predicted octanol–water partition coefficient (Wildman–Crippen LogP) is 4.07. The summed E-state index contributed by atoms with van der Waals surface area (Å²) >= 11 is 0.916. The number of carbonyl (C=O) groups excluding carboxylic acids is 3. The summed E-state index contributed by atoms with van der Waals surface area (Å²) < 4.78 is 32.2. The van der Waals surface area contributed by atoms with Crippen LogP contribution < -0.4 is 4.74 Å². The highest BCUT2D eigenvalue weighted by Crippen LogP contribution is 2.45. The molecule has 1 saturated heterocycles. The topological polar surface area (TPSA) is 110 Å². The third kappa shape index (κ3) is 5.81. The predicted molar refractivity (Wildman–Crippen MR) is 133 cm³/mol. The Kier molecular flexibility index (Phi) is 8.20. The molecular formula is C26H32FN3O6S. The molecule has 2 atom stereocenters. The van der Waals surface area contributed by atoms with E-state index in [1.54, 1.807) is 19.2 Å². The molecule has 2 heterocycles. The Morgan fingerprint density at radius 1 is 1.27 bits per heavy atom. The number of esters is 2. The number of Topliss-reactive ketones (excluding diaryl/α,β-unsaturated/α-hetero) is 1. The number of hydrogen-bond acceptors (Lipinski definition) is 9. The second-order valence-electron chi connectivity index (χ2n) is 9.90. The Hall–Kier alpha value is -2.95. The van der Waals surface area contributed by atoms with Gasteiger partial charge in [0.25, 0.3) is 0 Å². The molecule has 9 nitrogen and oxygen atoms in total. The van der Waals surface area contributed by atoms with Gasteiger partial charge in [-0.1, -0.05) is 30.7 Å². The lowest BCUT2D eigenvalue weighted by Crippen LogP contribution is -2.53. The van der Waals surface area contributed by atoms with E-state index in [4.69, 9.17) is 9.47 Å². The van der Waals surface area contributed by atoms with Gasteiger partial charge in [0.15, 0.2) is 27.8 Å². The third-order valence-electron chi connectivity index (χ3n) is 7.00. The molecule has 11 heteroatoms. The zero-order valence-electron chi connectivity index (χ0n) is 21.5. The van der Waals surface area contributed by atoms with E-state index in [1.165, 1.54) is 17.7 Å². The minimum Gasteiger partial charge on any atom is -0.488 e. The lowest BCUT2D eigenvalue weighted by atomic mass is 9.76. The number of rotatable bonds is 9. The monoisotopic (exact) mass is 533 g/mol. The van der Waals surface area contributed by atoms with Crippen molar-refractivity contribution in [1.82, 2.24) is 14.8 Å². The van der Waals surface area contributed by atoms with Gasteiger partial charge in [-0.25, -0.2) is 9.18 Å². The summed E-state index contributed by atoms with van der Waals surface area (Å²) in [5.41, 5.74) is -0.178. The first-order valence-corrected chi connectivity index (χ1v) is 13.4. The highest BCUT2D eigenvalue weighted by atomic mass is 32.2. The van der Waals surface area contributed by atoms with Crippen molar-refractivity contribution >= 4 is 29.5 Å². The molecule has 0 radical (unpaired) electrons. The normalized spacial score (nSPS) is 22.4. The molecule has 1 aliphatic carbocycles.